The minimum Gasteiger partial charge on any atom is -0.487 e. The molecule has 0 atom stereocenters. The summed E-state index contributed by atoms with van der Waals surface area (Å²) >= 11 is 0. The number of likely N-dealkylation sites (tertiary alicyclic amines) is 1. The number of pyridine rings is 2. The summed E-state index contributed by atoms with van der Waals surface area (Å²) in [5.41, 5.74) is 2.87. The molecule has 0 spiro atoms. The van der Waals surface area contributed by atoms with Crippen molar-refractivity contribution in [2.45, 2.75) is 31.9 Å². The van der Waals surface area contributed by atoms with Crippen LogP contribution in [0.3, 0.4) is 0 Å². The number of carbonyl (C=O) groups is 1. The number of ether oxygens (including phenoxy) is 1. The molecule has 0 unspecified atom stereocenters. The molecule has 1 aromatic carbocycles. The highest BCUT2D eigenvalue weighted by molar-refractivity contribution is 5.89. The molecule has 166 valence electrons. The number of rotatable bonds is 8. The number of nitrogens with one attached hydrogen (secondary N) is 2. The first-order valence-electron chi connectivity index (χ1n) is 11.1. The van der Waals surface area contributed by atoms with Gasteiger partial charge in [-0.15, -0.1) is 0 Å². The van der Waals surface area contributed by atoms with E-state index in [4.69, 9.17) is 4.74 Å². The second-order valence-corrected chi connectivity index (χ2v) is 7.96. The smallest absolute Gasteiger partial charge is 0.319 e. The fourth-order valence-electron chi connectivity index (χ4n) is 3.79. The zero-order valence-electron chi connectivity index (χ0n) is 18.1. The van der Waals surface area contributed by atoms with Crippen LogP contribution < -0.4 is 15.4 Å². The largest absolute Gasteiger partial charge is 0.487 e. The van der Waals surface area contributed by atoms with Crippen LogP contribution in [-0.2, 0) is 13.0 Å². The molecule has 3 heterocycles. The molecule has 1 saturated heterocycles. The van der Waals surface area contributed by atoms with Gasteiger partial charge in [0, 0.05) is 56.0 Å². The molecule has 4 rings (SSSR count). The van der Waals surface area contributed by atoms with Gasteiger partial charge in [0.25, 0.3) is 0 Å². The highest BCUT2D eigenvalue weighted by Crippen LogP contribution is 2.19. The van der Waals surface area contributed by atoms with Gasteiger partial charge in [-0.3, -0.25) is 9.97 Å². The molecule has 0 saturated carbocycles. The summed E-state index contributed by atoms with van der Waals surface area (Å²) in [5.74, 6) is 0.691. The van der Waals surface area contributed by atoms with Gasteiger partial charge in [0.15, 0.2) is 0 Å². The van der Waals surface area contributed by atoms with Crippen molar-refractivity contribution in [1.82, 2.24) is 20.2 Å². The molecule has 7 heteroatoms. The number of piperidine rings is 1. The van der Waals surface area contributed by atoms with Gasteiger partial charge in [-0.1, -0.05) is 12.1 Å². The molecular weight excluding hydrogens is 402 g/mol. The quantitative estimate of drug-likeness (QED) is 0.566. The third-order valence-electron chi connectivity index (χ3n) is 5.59. The number of amides is 2. The Labute approximate surface area is 188 Å². The molecule has 2 aromatic heterocycles. The van der Waals surface area contributed by atoms with E-state index in [9.17, 15) is 4.79 Å². The molecule has 1 aliphatic heterocycles. The molecule has 3 aromatic rings. The minimum atomic E-state index is -0.179. The fourth-order valence-corrected chi connectivity index (χ4v) is 3.79. The molecular formula is C25H29N5O2. The van der Waals surface area contributed by atoms with Crippen LogP contribution in [-0.4, -0.2) is 46.6 Å². The lowest BCUT2D eigenvalue weighted by atomic mass is 10.0. The molecule has 7 nitrogen and oxygen atoms in total. The Balaban J connectivity index is 1.18. The number of hydrogen-bond acceptors (Lipinski definition) is 5. The van der Waals surface area contributed by atoms with Gasteiger partial charge >= 0.3 is 6.03 Å². The van der Waals surface area contributed by atoms with Gasteiger partial charge < -0.3 is 20.3 Å². The monoisotopic (exact) mass is 431 g/mol. The highest BCUT2D eigenvalue weighted by atomic mass is 16.5. The number of carbonyl (C=O) groups excluding carboxylic acids is 1. The third-order valence-corrected chi connectivity index (χ3v) is 5.59. The second kappa shape index (κ2) is 11.2. The number of benzene rings is 1. The first-order chi connectivity index (χ1) is 15.7. The Morgan fingerprint density at radius 1 is 1.03 bits per heavy atom. The van der Waals surface area contributed by atoms with Crippen molar-refractivity contribution < 1.29 is 9.53 Å². The topological polar surface area (TPSA) is 79.4 Å². The highest BCUT2D eigenvalue weighted by Gasteiger charge is 2.20. The van der Waals surface area contributed by atoms with E-state index < -0.39 is 0 Å². The van der Waals surface area contributed by atoms with Crippen LogP contribution in [0.2, 0.25) is 0 Å². The summed E-state index contributed by atoms with van der Waals surface area (Å²) in [6.07, 6.45) is 8.36. The summed E-state index contributed by atoms with van der Waals surface area (Å²) in [7, 11) is 0. The number of hydrogen-bond donors (Lipinski definition) is 2. The van der Waals surface area contributed by atoms with Gasteiger partial charge in [-0.05, 0) is 61.2 Å². The van der Waals surface area contributed by atoms with Crippen LogP contribution in [0.4, 0.5) is 10.5 Å². The van der Waals surface area contributed by atoms with Crippen LogP contribution in [0.5, 0.6) is 5.75 Å². The molecule has 2 N–H and O–H groups in total. The van der Waals surface area contributed by atoms with Crippen LogP contribution >= 0.6 is 0 Å². The zero-order chi connectivity index (χ0) is 22.0. The predicted molar refractivity (Wildman–Crippen MR) is 125 cm³/mol. The van der Waals surface area contributed by atoms with E-state index in [-0.39, 0.29) is 12.1 Å². The lowest BCUT2D eigenvalue weighted by Crippen LogP contribution is -2.46. The Morgan fingerprint density at radius 3 is 2.66 bits per heavy atom. The molecule has 0 radical (unpaired) electrons. The first-order valence-corrected chi connectivity index (χ1v) is 11.1. The van der Waals surface area contributed by atoms with Gasteiger partial charge in [-0.2, -0.15) is 0 Å². The van der Waals surface area contributed by atoms with Crippen molar-refractivity contribution in [2.75, 3.05) is 25.0 Å². The van der Waals surface area contributed by atoms with Crippen molar-refractivity contribution >= 4 is 11.7 Å². The van der Waals surface area contributed by atoms with Crippen LogP contribution in [0.25, 0.3) is 0 Å². The van der Waals surface area contributed by atoms with Crippen LogP contribution in [0.15, 0.2) is 73.2 Å². The normalized spacial score (nSPS) is 14.6. The summed E-state index contributed by atoms with van der Waals surface area (Å²) in [6, 6.07) is 17.3. The molecule has 1 aliphatic rings. The number of anilines is 1. The summed E-state index contributed by atoms with van der Waals surface area (Å²) in [4.78, 5) is 23.2. The number of aromatic nitrogens is 2. The Hall–Kier alpha value is -3.45. The van der Waals surface area contributed by atoms with Crippen molar-refractivity contribution in [3.8, 4) is 5.75 Å². The van der Waals surface area contributed by atoms with Crippen LogP contribution in [0.1, 0.15) is 24.1 Å². The average Bonchev–Trinajstić information content (AvgIpc) is 2.84. The molecule has 0 bridgehead atoms. The zero-order valence-corrected chi connectivity index (χ0v) is 18.1. The maximum Gasteiger partial charge on any atom is 0.319 e. The van der Waals surface area contributed by atoms with E-state index in [1.54, 1.807) is 6.20 Å². The average molecular weight is 432 g/mol. The second-order valence-electron chi connectivity index (χ2n) is 7.96. The van der Waals surface area contributed by atoms with Crippen molar-refractivity contribution in [1.29, 1.82) is 0 Å². The third kappa shape index (κ3) is 6.78. The molecule has 32 heavy (non-hydrogen) atoms. The Kier molecular flexibility index (Phi) is 7.65. The number of urea groups is 1. The summed E-state index contributed by atoms with van der Waals surface area (Å²) in [5, 5.41) is 6.02. The minimum absolute atomic E-state index is 0.179. The number of nitrogens with zero attached hydrogens (tertiary/aromatic N) is 3. The van der Waals surface area contributed by atoms with E-state index in [1.807, 2.05) is 54.9 Å². The maximum atomic E-state index is 12.5. The standard InChI is InChI=1S/C25H29N5O2/c31-25(28-21-10-16-30(17-11-21)15-9-20-7-13-26-14-8-20)29-22-5-3-6-24(18-22)32-19-23-4-1-2-12-27-23/h1-8,12-14,18,21H,9-11,15-17,19H2,(H2,28,29,31). The van der Waals surface area contributed by atoms with E-state index >= 15 is 0 Å². The van der Waals surface area contributed by atoms with E-state index in [2.05, 4.69) is 37.6 Å². The fraction of sp³-hybridized carbons (Fsp3) is 0.320. The summed E-state index contributed by atoms with van der Waals surface area (Å²) in [6.45, 7) is 3.41. The molecule has 0 aliphatic carbocycles. The van der Waals surface area contributed by atoms with E-state index in [0.29, 0.717) is 18.0 Å². The van der Waals surface area contributed by atoms with Gasteiger partial charge in [-0.25, -0.2) is 4.79 Å². The van der Waals surface area contributed by atoms with E-state index in [1.165, 1.54) is 5.56 Å². The van der Waals surface area contributed by atoms with Crippen molar-refractivity contribution in [3.05, 3.63) is 84.4 Å². The maximum absolute atomic E-state index is 12.5. The van der Waals surface area contributed by atoms with Gasteiger partial charge in [0.05, 0.1) is 5.69 Å². The predicted octanol–water partition coefficient (Wildman–Crippen LogP) is 3.88. The van der Waals surface area contributed by atoms with Gasteiger partial charge in [0.2, 0.25) is 0 Å². The lowest BCUT2D eigenvalue weighted by Gasteiger charge is -2.32. The Morgan fingerprint density at radius 2 is 1.88 bits per heavy atom. The van der Waals surface area contributed by atoms with Gasteiger partial charge in [0.1, 0.15) is 12.4 Å². The first kappa shape index (κ1) is 21.8. The van der Waals surface area contributed by atoms with Crippen molar-refractivity contribution in [3.63, 3.8) is 0 Å². The SMILES string of the molecule is O=C(Nc1cccc(OCc2ccccn2)c1)NC1CCN(CCc2ccncc2)CC1. The molecule has 1 fully saturated rings. The van der Waals surface area contributed by atoms with Crippen LogP contribution in [0, 0.1) is 0 Å². The van der Waals surface area contributed by atoms with E-state index in [0.717, 1.165) is 44.6 Å². The molecule has 2 amide bonds. The van der Waals surface area contributed by atoms with Crippen molar-refractivity contribution in [2.24, 2.45) is 0 Å². The lowest BCUT2D eigenvalue weighted by molar-refractivity contribution is 0.197. The summed E-state index contributed by atoms with van der Waals surface area (Å²) < 4.78 is 5.79. The Bertz CT molecular complexity index is 976.